The van der Waals surface area contributed by atoms with E-state index >= 15 is 0 Å². The zero-order valence-electron chi connectivity index (χ0n) is 8.36. The molecule has 0 bridgehead atoms. The Bertz CT molecular complexity index is 459. The summed E-state index contributed by atoms with van der Waals surface area (Å²) in [4.78, 5) is 0. The molecular weight excluding hydrogens is 190 g/mol. The number of benzene rings is 1. The van der Waals surface area contributed by atoms with Gasteiger partial charge in [0.1, 0.15) is 5.76 Å². The molecule has 0 saturated heterocycles. The van der Waals surface area contributed by atoms with Crippen molar-refractivity contribution < 1.29 is 9.15 Å². The predicted octanol–water partition coefficient (Wildman–Crippen LogP) is 2.92. The van der Waals surface area contributed by atoms with Gasteiger partial charge in [0.15, 0.2) is 5.76 Å². The van der Waals surface area contributed by atoms with Gasteiger partial charge in [0, 0.05) is 5.56 Å². The van der Waals surface area contributed by atoms with Crippen LogP contribution < -0.4 is 0 Å². The Balaban J connectivity index is 2.32. The van der Waals surface area contributed by atoms with Crippen LogP contribution in [0.5, 0.6) is 0 Å². The Morgan fingerprint density at radius 2 is 1.87 bits per heavy atom. The third-order valence-electron chi connectivity index (χ3n) is 2.09. The van der Waals surface area contributed by atoms with Gasteiger partial charge in [-0.2, -0.15) is 0 Å². The molecule has 2 rings (SSSR count). The highest BCUT2D eigenvalue weighted by atomic mass is 16.5. The molecule has 2 aromatic rings. The molecule has 76 valence electrons. The van der Waals surface area contributed by atoms with Crippen molar-refractivity contribution in [3.05, 3.63) is 48.2 Å². The topological polar surface area (TPSA) is 46.2 Å². The van der Waals surface area contributed by atoms with Gasteiger partial charge in [-0.3, -0.25) is 5.41 Å². The molecule has 3 heteroatoms. The van der Waals surface area contributed by atoms with Crippen LogP contribution in [0.3, 0.4) is 0 Å². The van der Waals surface area contributed by atoms with Gasteiger partial charge in [0.25, 0.3) is 0 Å². The van der Waals surface area contributed by atoms with Gasteiger partial charge in [-0.15, -0.1) is 0 Å². The quantitative estimate of drug-likeness (QED) is 0.599. The molecule has 0 unspecified atom stereocenters. The molecule has 0 aliphatic heterocycles. The monoisotopic (exact) mass is 201 g/mol. The number of nitrogens with one attached hydrogen (secondary N) is 1. The van der Waals surface area contributed by atoms with Crippen LogP contribution >= 0.6 is 0 Å². The summed E-state index contributed by atoms with van der Waals surface area (Å²) in [5, 5.41) is 7.44. The summed E-state index contributed by atoms with van der Waals surface area (Å²) in [6.07, 6.45) is 0. The Kier molecular flexibility index (Phi) is 2.54. The van der Waals surface area contributed by atoms with Gasteiger partial charge < -0.3 is 9.15 Å². The van der Waals surface area contributed by atoms with E-state index < -0.39 is 0 Å². The van der Waals surface area contributed by atoms with Gasteiger partial charge >= 0.3 is 0 Å². The fraction of sp³-hybridized carbons (Fsp3) is 0.0833. The summed E-state index contributed by atoms with van der Waals surface area (Å²) in [5.41, 5.74) is 0.993. The van der Waals surface area contributed by atoms with Gasteiger partial charge in [0.05, 0.1) is 7.11 Å². The highest BCUT2D eigenvalue weighted by Crippen LogP contribution is 2.21. The van der Waals surface area contributed by atoms with E-state index in [-0.39, 0.29) is 5.90 Å². The molecule has 1 N–H and O–H groups in total. The van der Waals surface area contributed by atoms with E-state index in [0.29, 0.717) is 5.76 Å². The molecular formula is C12H11NO2. The highest BCUT2D eigenvalue weighted by Gasteiger charge is 2.08. The first-order valence-electron chi connectivity index (χ1n) is 4.59. The minimum atomic E-state index is 0.0391. The molecule has 1 aromatic heterocycles. The summed E-state index contributed by atoms with van der Waals surface area (Å²) in [7, 11) is 1.45. The smallest absolute Gasteiger partial charge is 0.249 e. The van der Waals surface area contributed by atoms with Gasteiger partial charge in [-0.25, -0.2) is 0 Å². The summed E-state index contributed by atoms with van der Waals surface area (Å²) in [5.74, 6) is 1.22. The second kappa shape index (κ2) is 4.00. The average molecular weight is 201 g/mol. The fourth-order valence-electron chi connectivity index (χ4n) is 1.32. The number of hydrogen-bond donors (Lipinski definition) is 1. The molecule has 0 radical (unpaired) electrons. The molecule has 0 aliphatic rings. The van der Waals surface area contributed by atoms with E-state index in [9.17, 15) is 0 Å². The highest BCUT2D eigenvalue weighted by molar-refractivity contribution is 5.89. The molecule has 0 amide bonds. The summed E-state index contributed by atoms with van der Waals surface area (Å²) >= 11 is 0. The zero-order valence-corrected chi connectivity index (χ0v) is 8.36. The van der Waals surface area contributed by atoms with Gasteiger partial charge in [0.2, 0.25) is 5.90 Å². The largest absolute Gasteiger partial charge is 0.479 e. The average Bonchev–Trinajstić information content (AvgIpc) is 2.78. The fourth-order valence-corrected chi connectivity index (χ4v) is 1.32. The van der Waals surface area contributed by atoms with E-state index in [4.69, 9.17) is 14.6 Å². The zero-order chi connectivity index (χ0) is 10.7. The van der Waals surface area contributed by atoms with Crippen LogP contribution in [0, 0.1) is 5.41 Å². The van der Waals surface area contributed by atoms with Crippen molar-refractivity contribution in [1.29, 1.82) is 5.41 Å². The first-order chi connectivity index (χ1) is 7.31. The Labute approximate surface area is 87.8 Å². The molecule has 0 atom stereocenters. The van der Waals surface area contributed by atoms with Crippen LogP contribution in [0.1, 0.15) is 5.76 Å². The molecule has 15 heavy (non-hydrogen) atoms. The molecule has 1 heterocycles. The van der Waals surface area contributed by atoms with E-state index in [2.05, 4.69) is 0 Å². The Hall–Kier alpha value is -2.03. The van der Waals surface area contributed by atoms with Crippen LogP contribution in [0.2, 0.25) is 0 Å². The number of furan rings is 1. The van der Waals surface area contributed by atoms with Crippen molar-refractivity contribution in [2.24, 2.45) is 0 Å². The number of rotatable bonds is 2. The maximum atomic E-state index is 7.44. The SMILES string of the molecule is COC(=N)c1ccc(-c2ccccc2)o1. The molecule has 0 aliphatic carbocycles. The summed E-state index contributed by atoms with van der Waals surface area (Å²) in [6.45, 7) is 0. The first kappa shape index (κ1) is 9.52. The van der Waals surface area contributed by atoms with E-state index in [1.54, 1.807) is 6.07 Å². The van der Waals surface area contributed by atoms with Crippen molar-refractivity contribution in [2.45, 2.75) is 0 Å². The molecule has 0 fully saturated rings. The predicted molar refractivity (Wildman–Crippen MR) is 58.0 cm³/mol. The molecule has 3 nitrogen and oxygen atoms in total. The maximum absolute atomic E-state index is 7.44. The minimum Gasteiger partial charge on any atom is -0.479 e. The van der Waals surface area contributed by atoms with E-state index in [0.717, 1.165) is 11.3 Å². The van der Waals surface area contributed by atoms with Gasteiger partial charge in [-0.1, -0.05) is 30.3 Å². The van der Waals surface area contributed by atoms with Crippen LogP contribution in [-0.2, 0) is 4.74 Å². The van der Waals surface area contributed by atoms with Crippen molar-refractivity contribution in [2.75, 3.05) is 7.11 Å². The lowest BCUT2D eigenvalue weighted by Gasteiger charge is -1.97. The second-order valence-corrected chi connectivity index (χ2v) is 3.06. The lowest BCUT2D eigenvalue weighted by molar-refractivity contribution is 0.385. The standard InChI is InChI=1S/C12H11NO2/c1-14-12(13)11-8-7-10(15-11)9-5-3-2-4-6-9/h2-8,13H,1H3. The molecule has 0 saturated carbocycles. The van der Waals surface area contributed by atoms with Crippen molar-refractivity contribution >= 4 is 5.90 Å². The van der Waals surface area contributed by atoms with Gasteiger partial charge in [-0.05, 0) is 12.1 Å². The molecule has 0 spiro atoms. The third kappa shape index (κ3) is 1.91. The number of methoxy groups -OCH3 is 1. The van der Waals surface area contributed by atoms with Crippen LogP contribution in [-0.4, -0.2) is 13.0 Å². The maximum Gasteiger partial charge on any atom is 0.249 e. The number of hydrogen-bond acceptors (Lipinski definition) is 3. The van der Waals surface area contributed by atoms with Crippen molar-refractivity contribution in [1.82, 2.24) is 0 Å². The van der Waals surface area contributed by atoms with Crippen molar-refractivity contribution in [3.8, 4) is 11.3 Å². The van der Waals surface area contributed by atoms with Crippen LogP contribution in [0.15, 0.2) is 46.9 Å². The lowest BCUT2D eigenvalue weighted by Crippen LogP contribution is -1.98. The minimum absolute atomic E-state index is 0.0391. The molecule has 1 aromatic carbocycles. The Morgan fingerprint density at radius 3 is 2.53 bits per heavy atom. The van der Waals surface area contributed by atoms with E-state index in [1.165, 1.54) is 7.11 Å². The normalized spacial score (nSPS) is 9.93. The summed E-state index contributed by atoms with van der Waals surface area (Å²) in [6, 6.07) is 13.3. The van der Waals surface area contributed by atoms with Crippen LogP contribution in [0.4, 0.5) is 0 Å². The van der Waals surface area contributed by atoms with Crippen molar-refractivity contribution in [3.63, 3.8) is 0 Å². The summed E-state index contributed by atoms with van der Waals surface area (Å²) < 4.78 is 10.2. The first-order valence-corrected chi connectivity index (χ1v) is 4.59. The lowest BCUT2D eigenvalue weighted by atomic mass is 10.2. The Morgan fingerprint density at radius 1 is 1.13 bits per heavy atom. The second-order valence-electron chi connectivity index (χ2n) is 3.06. The third-order valence-corrected chi connectivity index (χ3v) is 2.09. The van der Waals surface area contributed by atoms with Crippen LogP contribution in [0.25, 0.3) is 11.3 Å². The number of ether oxygens (including phenoxy) is 1. The van der Waals surface area contributed by atoms with E-state index in [1.807, 2.05) is 36.4 Å².